The van der Waals surface area contributed by atoms with E-state index in [1.165, 1.54) is 10.7 Å². The first-order chi connectivity index (χ1) is 17.1. The molecule has 2 aromatic heterocycles. The smallest absolute Gasteiger partial charge is 0.410 e. The summed E-state index contributed by atoms with van der Waals surface area (Å²) in [7, 11) is 1.56. The molecular formula is C25H31N5O6. The van der Waals surface area contributed by atoms with E-state index in [4.69, 9.17) is 19.3 Å². The van der Waals surface area contributed by atoms with Gasteiger partial charge in [-0.2, -0.15) is 0 Å². The molecule has 1 amide bonds. The van der Waals surface area contributed by atoms with Gasteiger partial charge >= 0.3 is 12.1 Å². The zero-order valence-corrected chi connectivity index (χ0v) is 21.2. The molecule has 0 unspecified atom stereocenters. The summed E-state index contributed by atoms with van der Waals surface area (Å²) in [6.07, 6.45) is 1.09. The number of aromatic nitrogens is 3. The number of fused-ring (bicyclic) bond motifs is 1. The quantitative estimate of drug-likeness (QED) is 0.535. The lowest BCUT2D eigenvalue weighted by Crippen LogP contribution is -2.50. The van der Waals surface area contributed by atoms with Crippen LogP contribution in [-0.2, 0) is 9.47 Å². The minimum Gasteiger partial charge on any atom is -0.496 e. The molecule has 11 nitrogen and oxygen atoms in total. The van der Waals surface area contributed by atoms with Gasteiger partial charge in [0.05, 0.1) is 25.5 Å². The standard InChI is InChI=1S/C25H31N5O6/c1-6-35-23(32)17-15-30-20(22(31)26-17)19(16-9-7-8-10-18(16)34-5)21(27-30)28-11-13-29(14-12-28)24(33)36-25(2,3)4/h7-10,15H,6,11-14H2,1-5H3,(H,26,31). The van der Waals surface area contributed by atoms with Gasteiger partial charge in [0.1, 0.15) is 22.6 Å². The van der Waals surface area contributed by atoms with Gasteiger partial charge in [-0.1, -0.05) is 18.2 Å². The number of H-pyrrole nitrogens is 1. The summed E-state index contributed by atoms with van der Waals surface area (Å²) in [5.74, 6) is 0.489. The maximum Gasteiger partial charge on any atom is 0.410 e. The van der Waals surface area contributed by atoms with Crippen LogP contribution in [0, 0.1) is 0 Å². The zero-order chi connectivity index (χ0) is 26.0. The van der Waals surface area contributed by atoms with Crippen molar-refractivity contribution in [3.63, 3.8) is 0 Å². The van der Waals surface area contributed by atoms with Crippen LogP contribution in [-0.4, -0.2) is 77.1 Å². The second-order valence-corrected chi connectivity index (χ2v) is 9.36. The van der Waals surface area contributed by atoms with Crippen molar-refractivity contribution in [2.24, 2.45) is 0 Å². The molecule has 11 heteroatoms. The molecule has 0 spiro atoms. The number of esters is 1. The fourth-order valence-corrected chi connectivity index (χ4v) is 4.13. The van der Waals surface area contributed by atoms with Crippen LogP contribution >= 0.6 is 0 Å². The molecule has 3 heterocycles. The lowest BCUT2D eigenvalue weighted by molar-refractivity contribution is 0.0240. The van der Waals surface area contributed by atoms with Crippen LogP contribution in [0.1, 0.15) is 38.2 Å². The van der Waals surface area contributed by atoms with Crippen LogP contribution in [0.5, 0.6) is 5.75 Å². The molecule has 3 aromatic rings. The lowest BCUT2D eigenvalue weighted by atomic mass is 10.0. The highest BCUT2D eigenvalue weighted by Crippen LogP contribution is 2.38. The number of rotatable bonds is 5. The van der Waals surface area contributed by atoms with Gasteiger partial charge in [-0.05, 0) is 33.8 Å². The minimum absolute atomic E-state index is 0.00437. The Balaban J connectivity index is 1.77. The van der Waals surface area contributed by atoms with Crippen molar-refractivity contribution < 1.29 is 23.8 Å². The van der Waals surface area contributed by atoms with Crippen molar-refractivity contribution in [2.75, 3.05) is 44.8 Å². The maximum atomic E-state index is 13.2. The number of para-hydroxylation sites is 1. The Bertz CT molecular complexity index is 1330. The van der Waals surface area contributed by atoms with E-state index in [2.05, 4.69) is 4.98 Å². The van der Waals surface area contributed by atoms with Gasteiger partial charge in [0.15, 0.2) is 5.82 Å². The normalized spacial score (nSPS) is 14.1. The number of benzene rings is 1. The molecule has 1 N–H and O–H groups in total. The molecule has 0 saturated carbocycles. The van der Waals surface area contributed by atoms with Crippen molar-refractivity contribution in [1.29, 1.82) is 0 Å². The summed E-state index contributed by atoms with van der Waals surface area (Å²) < 4.78 is 17.5. The topological polar surface area (TPSA) is 118 Å². The predicted molar refractivity (Wildman–Crippen MR) is 134 cm³/mol. The van der Waals surface area contributed by atoms with E-state index in [1.54, 1.807) is 18.9 Å². The molecule has 1 aromatic carbocycles. The van der Waals surface area contributed by atoms with Crippen LogP contribution < -0.4 is 15.2 Å². The molecule has 4 rings (SSSR count). The average molecular weight is 498 g/mol. The van der Waals surface area contributed by atoms with E-state index in [0.717, 1.165) is 0 Å². The summed E-state index contributed by atoms with van der Waals surface area (Å²) in [5.41, 5.74) is 0.489. The van der Waals surface area contributed by atoms with Crippen molar-refractivity contribution in [3.05, 3.63) is 46.5 Å². The third-order valence-corrected chi connectivity index (χ3v) is 5.71. The molecule has 1 aliphatic heterocycles. The fraction of sp³-hybridized carbons (Fsp3) is 0.440. The highest BCUT2D eigenvalue weighted by Gasteiger charge is 2.30. The highest BCUT2D eigenvalue weighted by atomic mass is 16.6. The second-order valence-electron chi connectivity index (χ2n) is 9.36. The number of piperazine rings is 1. The number of carbonyl (C=O) groups is 2. The summed E-state index contributed by atoms with van der Waals surface area (Å²) in [5, 5.41) is 4.71. The van der Waals surface area contributed by atoms with Crippen molar-refractivity contribution in [2.45, 2.75) is 33.3 Å². The molecule has 0 atom stereocenters. The van der Waals surface area contributed by atoms with Crippen molar-refractivity contribution in [3.8, 4) is 16.9 Å². The molecular weight excluding hydrogens is 466 g/mol. The third kappa shape index (κ3) is 5.00. The molecule has 1 saturated heterocycles. The van der Waals surface area contributed by atoms with Gasteiger partial charge in [0.2, 0.25) is 0 Å². The largest absolute Gasteiger partial charge is 0.496 e. The highest BCUT2D eigenvalue weighted by molar-refractivity contribution is 5.93. The van der Waals surface area contributed by atoms with E-state index < -0.39 is 17.1 Å². The Kier molecular flexibility index (Phi) is 6.91. The number of hydrogen-bond acceptors (Lipinski definition) is 8. The van der Waals surface area contributed by atoms with Gasteiger partial charge in [-0.25, -0.2) is 14.1 Å². The molecule has 0 bridgehead atoms. The minimum atomic E-state index is -0.640. The summed E-state index contributed by atoms with van der Waals surface area (Å²) in [4.78, 5) is 44.3. The number of carbonyl (C=O) groups excluding carboxylic acids is 2. The van der Waals surface area contributed by atoms with Gasteiger partial charge in [0, 0.05) is 31.7 Å². The maximum absolute atomic E-state index is 13.2. The number of ether oxygens (including phenoxy) is 3. The molecule has 0 radical (unpaired) electrons. The first-order valence-corrected chi connectivity index (χ1v) is 11.8. The van der Waals surface area contributed by atoms with Crippen LogP contribution in [0.15, 0.2) is 35.3 Å². The van der Waals surface area contributed by atoms with Gasteiger partial charge in [-0.15, -0.1) is 5.10 Å². The van der Waals surface area contributed by atoms with Crippen LogP contribution in [0.25, 0.3) is 16.6 Å². The Morgan fingerprint density at radius 1 is 1.11 bits per heavy atom. The second kappa shape index (κ2) is 9.92. The SMILES string of the molecule is CCOC(=O)c1cn2nc(N3CCN(C(=O)OC(C)(C)C)CC3)c(-c3ccccc3OC)c2c(=O)[nH]1. The van der Waals surface area contributed by atoms with Crippen LogP contribution in [0.3, 0.4) is 0 Å². The first-order valence-electron chi connectivity index (χ1n) is 11.8. The number of aromatic amines is 1. The van der Waals surface area contributed by atoms with Gasteiger partial charge in [-0.3, -0.25) is 4.79 Å². The fourth-order valence-electron chi connectivity index (χ4n) is 4.13. The van der Waals surface area contributed by atoms with E-state index in [1.807, 2.05) is 49.9 Å². The van der Waals surface area contributed by atoms with Crippen molar-refractivity contribution >= 4 is 23.4 Å². The Hall–Kier alpha value is -4.02. The van der Waals surface area contributed by atoms with E-state index in [9.17, 15) is 14.4 Å². The average Bonchev–Trinajstić information content (AvgIpc) is 3.23. The summed E-state index contributed by atoms with van der Waals surface area (Å²) in [6.45, 7) is 9.19. The number of nitrogens with one attached hydrogen (secondary N) is 1. The summed E-state index contributed by atoms with van der Waals surface area (Å²) in [6, 6.07) is 7.36. The summed E-state index contributed by atoms with van der Waals surface area (Å²) >= 11 is 0. The van der Waals surface area contributed by atoms with Crippen LogP contribution in [0.4, 0.5) is 10.6 Å². The molecule has 192 valence electrons. The van der Waals surface area contributed by atoms with Crippen LogP contribution in [0.2, 0.25) is 0 Å². The number of anilines is 1. The zero-order valence-electron chi connectivity index (χ0n) is 21.2. The Morgan fingerprint density at radius 3 is 2.44 bits per heavy atom. The Morgan fingerprint density at radius 2 is 1.81 bits per heavy atom. The third-order valence-electron chi connectivity index (χ3n) is 5.71. The lowest BCUT2D eigenvalue weighted by Gasteiger charge is -2.36. The van der Waals surface area contributed by atoms with Gasteiger partial charge < -0.3 is 29.0 Å². The number of amides is 1. The van der Waals surface area contributed by atoms with Crippen molar-refractivity contribution in [1.82, 2.24) is 19.5 Å². The number of hydrogen-bond donors (Lipinski definition) is 1. The van der Waals surface area contributed by atoms with Gasteiger partial charge in [0.25, 0.3) is 5.56 Å². The van der Waals surface area contributed by atoms with E-state index in [-0.39, 0.29) is 23.9 Å². The number of nitrogens with zero attached hydrogens (tertiary/aromatic N) is 4. The molecule has 1 fully saturated rings. The predicted octanol–water partition coefficient (Wildman–Crippen LogP) is 2.93. The monoisotopic (exact) mass is 497 g/mol. The molecule has 1 aliphatic rings. The van der Waals surface area contributed by atoms with E-state index in [0.29, 0.717) is 48.9 Å². The van der Waals surface area contributed by atoms with E-state index >= 15 is 0 Å². The molecule has 36 heavy (non-hydrogen) atoms. The first kappa shape index (κ1) is 25.1. The number of methoxy groups -OCH3 is 1. The molecule has 0 aliphatic carbocycles. The Labute approximate surface area is 208 Å².